The fourth-order valence-corrected chi connectivity index (χ4v) is 8.25. The lowest BCUT2D eigenvalue weighted by atomic mass is 10.1. The number of para-hydroxylation sites is 1. The number of ether oxygens (including phenoxy) is 3. The molecule has 3 heterocycles. The first-order chi connectivity index (χ1) is 28.9. The van der Waals surface area contributed by atoms with Gasteiger partial charge in [-0.25, -0.2) is 13.9 Å². The molecule has 3 aromatic carbocycles. The molecule has 0 saturated carbocycles. The molecule has 1 aliphatic rings. The quantitative estimate of drug-likeness (QED) is 0.0616. The zero-order chi connectivity index (χ0) is 44.1. The lowest BCUT2D eigenvalue weighted by Gasteiger charge is -2.22. The molecule has 22 heteroatoms. The van der Waals surface area contributed by atoms with Crippen LogP contribution in [0.5, 0.6) is 11.5 Å². The molecule has 3 N–H and O–H groups in total. The lowest BCUT2D eigenvalue weighted by Crippen LogP contribution is -2.43. The minimum Gasteiger partial charge on any atom is -0.426 e. The van der Waals surface area contributed by atoms with E-state index in [1.54, 1.807) is 52.0 Å². The summed E-state index contributed by atoms with van der Waals surface area (Å²) >= 11 is 0. The smallest absolute Gasteiger partial charge is 0.426 e. The summed E-state index contributed by atoms with van der Waals surface area (Å²) in [5, 5.41) is 26.2. The van der Waals surface area contributed by atoms with Gasteiger partial charge < -0.3 is 33.8 Å². The van der Waals surface area contributed by atoms with E-state index in [4.69, 9.17) is 36.6 Å². The Hall–Kier alpha value is -5.11. The molecule has 0 aliphatic carbocycles. The maximum absolute atomic E-state index is 14.0. The molecule has 1 saturated heterocycles. The molecular weight excluding hydrogens is 844 g/mol. The van der Waals surface area contributed by atoms with Crippen molar-refractivity contribution in [3.63, 3.8) is 0 Å². The summed E-state index contributed by atoms with van der Waals surface area (Å²) in [5.41, 5.74) is -0.222. The number of rotatable bonds is 18. The van der Waals surface area contributed by atoms with Gasteiger partial charge in [-0.1, -0.05) is 69.2 Å². The Balaban J connectivity index is 1.14. The van der Waals surface area contributed by atoms with Crippen LogP contribution in [0.1, 0.15) is 50.7 Å². The zero-order valence-electron chi connectivity index (χ0n) is 33.2. The Morgan fingerprint density at radius 2 is 1.34 bits per heavy atom. The van der Waals surface area contributed by atoms with Crippen LogP contribution in [0, 0.1) is 11.8 Å². The third-order valence-corrected chi connectivity index (χ3v) is 12.1. The maximum Gasteiger partial charge on any atom is 0.484 e. The SMILES string of the molecule is CC(C)C(=O)Oc1ccc(COP(=O)(OCc2ccc(OC(=O)C(C)C)cc2)OP(=O)(O)OC[C@H]2O[C@@H](n3ccc(=O)n(Cc4noc5ccccc45)c3=O)C(O)C2O)cc1. The fraction of sp³-hybridized carbons (Fsp3) is 0.359. The van der Waals surface area contributed by atoms with E-state index >= 15 is 0 Å². The fourth-order valence-electron chi connectivity index (χ4n) is 5.65. The van der Waals surface area contributed by atoms with Crippen LogP contribution in [0.4, 0.5) is 0 Å². The molecule has 61 heavy (non-hydrogen) atoms. The van der Waals surface area contributed by atoms with Gasteiger partial charge in [-0.3, -0.25) is 37.1 Å². The third-order valence-electron chi connectivity index (χ3n) is 9.08. The molecule has 0 spiro atoms. The van der Waals surface area contributed by atoms with Crippen molar-refractivity contribution < 1.29 is 70.4 Å². The van der Waals surface area contributed by atoms with E-state index in [1.165, 1.54) is 48.5 Å². The number of carbonyl (C=O) groups is 2. The average molecular weight is 888 g/mol. The van der Waals surface area contributed by atoms with Crippen LogP contribution >= 0.6 is 15.6 Å². The molecule has 0 amide bonds. The second-order valence-corrected chi connectivity index (χ2v) is 17.6. The first-order valence-electron chi connectivity index (χ1n) is 18.8. The summed E-state index contributed by atoms with van der Waals surface area (Å²) in [6.07, 6.45) is -5.73. The van der Waals surface area contributed by atoms with Crippen molar-refractivity contribution in [1.29, 1.82) is 0 Å². The van der Waals surface area contributed by atoms with E-state index in [0.717, 1.165) is 21.4 Å². The van der Waals surface area contributed by atoms with Crippen LogP contribution in [0.2, 0.25) is 0 Å². The number of esters is 2. The van der Waals surface area contributed by atoms with Gasteiger partial charge in [0.05, 0.1) is 38.2 Å². The van der Waals surface area contributed by atoms with Gasteiger partial charge in [0.1, 0.15) is 35.5 Å². The standard InChI is InChI=1S/C39H43N3O17P2/c1-23(2)37(46)55-27-13-9-25(10-14-27)20-53-61(51,54-21-26-11-15-28(16-12-26)56-38(47)24(3)4)59-60(49,50)52-22-32-34(44)35(45)36(57-32)41-18-17-33(43)42(39(41)48)19-30-29-7-5-6-8-31(29)58-40-30/h5-18,23-24,32,34-36,44-45H,19-22H2,1-4H3,(H,49,50)/t32-,34?,35?,36-/m1/s1. The highest BCUT2D eigenvalue weighted by molar-refractivity contribution is 7.61. The van der Waals surface area contributed by atoms with E-state index < -0.39 is 83.2 Å². The van der Waals surface area contributed by atoms with Crippen molar-refractivity contribution in [3.8, 4) is 11.5 Å². The number of nitrogens with zero attached hydrogens (tertiary/aromatic N) is 3. The van der Waals surface area contributed by atoms with E-state index in [9.17, 15) is 43.4 Å². The summed E-state index contributed by atoms with van der Waals surface area (Å²) in [5.74, 6) is -1.24. The Morgan fingerprint density at radius 1 is 0.787 bits per heavy atom. The number of aromatic nitrogens is 3. The van der Waals surface area contributed by atoms with Gasteiger partial charge in [0.2, 0.25) is 0 Å². The molecule has 20 nitrogen and oxygen atoms in total. The monoisotopic (exact) mass is 887 g/mol. The van der Waals surface area contributed by atoms with Gasteiger partial charge in [0.15, 0.2) is 11.8 Å². The number of hydrogen-bond acceptors (Lipinski definition) is 17. The van der Waals surface area contributed by atoms with Gasteiger partial charge in [0, 0.05) is 17.6 Å². The summed E-state index contributed by atoms with van der Waals surface area (Å²) in [4.78, 5) is 61.0. The number of fused-ring (bicyclic) bond motifs is 1. The highest BCUT2D eigenvalue weighted by Gasteiger charge is 2.46. The van der Waals surface area contributed by atoms with Crippen LogP contribution < -0.4 is 20.7 Å². The van der Waals surface area contributed by atoms with E-state index in [-0.39, 0.29) is 35.6 Å². The number of hydrogen-bond donors (Lipinski definition) is 3. The van der Waals surface area contributed by atoms with E-state index in [1.807, 2.05) is 0 Å². The zero-order valence-corrected chi connectivity index (χ0v) is 35.0. The largest absolute Gasteiger partial charge is 0.484 e. The normalized spacial score (nSPS) is 19.0. The second-order valence-electron chi connectivity index (χ2n) is 14.4. The number of phosphoric acid groups is 2. The van der Waals surface area contributed by atoms with Crippen LogP contribution in [-0.4, -0.2) is 66.3 Å². The van der Waals surface area contributed by atoms with Crippen LogP contribution in [0.3, 0.4) is 0 Å². The molecule has 2 aromatic heterocycles. The van der Waals surface area contributed by atoms with Crippen molar-refractivity contribution in [2.75, 3.05) is 6.61 Å². The number of carbonyl (C=O) groups excluding carboxylic acids is 2. The van der Waals surface area contributed by atoms with Gasteiger partial charge in [0.25, 0.3) is 5.56 Å². The molecular formula is C39H43N3O17P2. The number of aliphatic hydroxyl groups excluding tert-OH is 2. The first kappa shape index (κ1) is 45.4. The lowest BCUT2D eigenvalue weighted by molar-refractivity contribution is -0.138. The second kappa shape index (κ2) is 19.3. The maximum atomic E-state index is 14.0. The highest BCUT2D eigenvalue weighted by Crippen LogP contribution is 2.64. The number of aliphatic hydroxyl groups is 2. The molecule has 6 rings (SSSR count). The van der Waals surface area contributed by atoms with Crippen molar-refractivity contribution in [2.45, 2.75) is 72.0 Å². The minimum atomic E-state index is -5.42. The minimum absolute atomic E-state index is 0.226. The molecule has 326 valence electrons. The summed E-state index contributed by atoms with van der Waals surface area (Å²) < 4.78 is 71.3. The van der Waals surface area contributed by atoms with Crippen molar-refractivity contribution >= 4 is 38.6 Å². The molecule has 1 fully saturated rings. The summed E-state index contributed by atoms with van der Waals surface area (Å²) in [6, 6.07) is 19.6. The van der Waals surface area contributed by atoms with E-state index in [0.29, 0.717) is 22.1 Å². The summed E-state index contributed by atoms with van der Waals surface area (Å²) in [6.45, 7) is 4.42. The van der Waals surface area contributed by atoms with Gasteiger partial charge in [-0.2, -0.15) is 4.31 Å². The van der Waals surface area contributed by atoms with E-state index in [2.05, 4.69) is 5.16 Å². The molecule has 5 atom stereocenters. The molecule has 5 aromatic rings. The number of phosphoric ester groups is 2. The van der Waals surface area contributed by atoms with Crippen molar-refractivity contribution in [1.82, 2.24) is 14.3 Å². The van der Waals surface area contributed by atoms with Crippen LogP contribution in [0.15, 0.2) is 99.2 Å². The van der Waals surface area contributed by atoms with Crippen LogP contribution in [0.25, 0.3) is 11.0 Å². The third kappa shape index (κ3) is 11.4. The number of benzene rings is 3. The van der Waals surface area contributed by atoms with Gasteiger partial charge in [-0.05, 0) is 47.5 Å². The first-order valence-corrected chi connectivity index (χ1v) is 21.7. The van der Waals surface area contributed by atoms with Gasteiger partial charge >= 0.3 is 33.3 Å². The topological polar surface area (TPSA) is 264 Å². The molecule has 0 radical (unpaired) electrons. The van der Waals surface area contributed by atoms with Crippen molar-refractivity contribution in [3.05, 3.63) is 123 Å². The highest BCUT2D eigenvalue weighted by atomic mass is 31.3. The molecule has 1 aliphatic heterocycles. The van der Waals surface area contributed by atoms with Gasteiger partial charge in [-0.15, -0.1) is 0 Å². The predicted octanol–water partition coefficient (Wildman–Crippen LogP) is 4.62. The average Bonchev–Trinajstić information content (AvgIpc) is 3.76. The molecule has 0 bridgehead atoms. The Kier molecular flexibility index (Phi) is 14.4. The summed E-state index contributed by atoms with van der Waals surface area (Å²) in [7, 11) is -10.4. The predicted molar refractivity (Wildman–Crippen MR) is 212 cm³/mol. The van der Waals surface area contributed by atoms with Crippen molar-refractivity contribution in [2.24, 2.45) is 11.8 Å². The Bertz CT molecular complexity index is 2480. The Morgan fingerprint density at radius 3 is 1.90 bits per heavy atom. The Labute approximate surface area is 347 Å². The van der Waals surface area contributed by atoms with Crippen LogP contribution in [-0.2, 0) is 61.1 Å². The molecule has 3 unspecified atom stereocenters.